The molecule has 2 heterocycles. The number of ether oxygens (including phenoxy) is 1. The molecular weight excluding hydrogens is 330 g/mol. The summed E-state index contributed by atoms with van der Waals surface area (Å²) in [6, 6.07) is 4.89. The van der Waals surface area contributed by atoms with Gasteiger partial charge in [0.15, 0.2) is 6.29 Å². The molecule has 0 amide bonds. The fraction of sp³-hybridized carbons (Fsp3) is 0.353. The van der Waals surface area contributed by atoms with Gasteiger partial charge >= 0.3 is 5.63 Å². The third-order valence-electron chi connectivity index (χ3n) is 4.13. The number of fused-ring (bicyclic) bond motifs is 1. The van der Waals surface area contributed by atoms with Crippen LogP contribution < -0.4 is 10.9 Å². The molecule has 1 fully saturated rings. The number of anilines is 1. The zero-order valence-corrected chi connectivity index (χ0v) is 13.0. The standard InChI is InChI=1S/C17H17NO7/c1-2-8-5-13(20)24-11-6-9(3-4-10(8)11)18-14-16(22)15(21)12(7-19)25-17(14)23/h1,3-6,12,14-19,21-23H,7H2/t12?,14?,15-,16-,17?/m0/s1. The van der Waals surface area contributed by atoms with Crippen LogP contribution in [0.5, 0.6) is 0 Å². The molecule has 2 aromatic rings. The van der Waals surface area contributed by atoms with Crippen LogP contribution in [-0.4, -0.2) is 57.7 Å². The predicted octanol–water partition coefficient (Wildman–Crippen LogP) is -1.01. The quantitative estimate of drug-likeness (QED) is 0.352. The van der Waals surface area contributed by atoms with Gasteiger partial charge in [-0.3, -0.25) is 0 Å². The number of rotatable bonds is 3. The van der Waals surface area contributed by atoms with Gasteiger partial charge in [-0.1, -0.05) is 5.92 Å². The largest absolute Gasteiger partial charge is 0.423 e. The Morgan fingerprint density at radius 1 is 1.20 bits per heavy atom. The smallest absolute Gasteiger partial charge is 0.337 e. The minimum absolute atomic E-state index is 0.236. The molecule has 1 aromatic heterocycles. The second-order valence-corrected chi connectivity index (χ2v) is 5.73. The van der Waals surface area contributed by atoms with Crippen molar-refractivity contribution in [1.82, 2.24) is 0 Å². The van der Waals surface area contributed by atoms with Gasteiger partial charge in [0.25, 0.3) is 0 Å². The van der Waals surface area contributed by atoms with Crippen molar-refractivity contribution < 1.29 is 29.6 Å². The highest BCUT2D eigenvalue weighted by Crippen LogP contribution is 2.26. The number of aliphatic hydroxyl groups is 4. The number of terminal acetylenes is 1. The molecule has 0 bridgehead atoms. The van der Waals surface area contributed by atoms with Crippen LogP contribution >= 0.6 is 0 Å². The summed E-state index contributed by atoms with van der Waals surface area (Å²) in [4.78, 5) is 11.5. The normalized spacial score (nSPS) is 29.3. The van der Waals surface area contributed by atoms with Crippen LogP contribution in [0, 0.1) is 12.3 Å². The lowest BCUT2D eigenvalue weighted by molar-refractivity contribution is -0.245. The van der Waals surface area contributed by atoms with E-state index in [2.05, 4.69) is 11.2 Å². The van der Waals surface area contributed by atoms with Crippen molar-refractivity contribution in [3.63, 3.8) is 0 Å². The van der Waals surface area contributed by atoms with Crippen LogP contribution in [0.4, 0.5) is 5.69 Å². The first-order chi connectivity index (χ1) is 11.9. The highest BCUT2D eigenvalue weighted by Gasteiger charge is 2.43. The lowest BCUT2D eigenvalue weighted by atomic mass is 9.96. The van der Waals surface area contributed by atoms with Gasteiger partial charge in [-0.15, -0.1) is 6.42 Å². The molecule has 0 radical (unpaired) electrons. The van der Waals surface area contributed by atoms with E-state index in [9.17, 15) is 20.1 Å². The summed E-state index contributed by atoms with van der Waals surface area (Å²) in [6.45, 7) is -0.544. The fourth-order valence-corrected chi connectivity index (χ4v) is 2.82. The Bertz CT molecular complexity index is 871. The van der Waals surface area contributed by atoms with E-state index >= 15 is 0 Å². The molecule has 1 saturated heterocycles. The van der Waals surface area contributed by atoms with E-state index in [1.54, 1.807) is 12.1 Å². The fourth-order valence-electron chi connectivity index (χ4n) is 2.82. The molecule has 5 N–H and O–H groups in total. The zero-order chi connectivity index (χ0) is 18.1. The van der Waals surface area contributed by atoms with Gasteiger partial charge in [0.05, 0.1) is 6.61 Å². The topological polar surface area (TPSA) is 132 Å². The van der Waals surface area contributed by atoms with Crippen molar-refractivity contribution in [2.24, 2.45) is 0 Å². The summed E-state index contributed by atoms with van der Waals surface area (Å²) in [6.07, 6.45) is 0.0575. The van der Waals surface area contributed by atoms with E-state index in [0.29, 0.717) is 16.6 Å². The minimum Gasteiger partial charge on any atom is -0.423 e. The van der Waals surface area contributed by atoms with Crippen LogP contribution in [0.25, 0.3) is 11.0 Å². The Morgan fingerprint density at radius 2 is 1.96 bits per heavy atom. The first-order valence-corrected chi connectivity index (χ1v) is 7.56. The molecule has 3 unspecified atom stereocenters. The molecule has 25 heavy (non-hydrogen) atoms. The van der Waals surface area contributed by atoms with Gasteiger partial charge < -0.3 is 34.9 Å². The Balaban J connectivity index is 1.90. The number of benzene rings is 1. The maximum Gasteiger partial charge on any atom is 0.337 e. The van der Waals surface area contributed by atoms with E-state index in [0.717, 1.165) is 0 Å². The Hall–Kier alpha value is -2.41. The van der Waals surface area contributed by atoms with Crippen molar-refractivity contribution in [1.29, 1.82) is 0 Å². The minimum atomic E-state index is -1.46. The molecule has 0 spiro atoms. The maximum atomic E-state index is 11.5. The van der Waals surface area contributed by atoms with Gasteiger partial charge in [-0.25, -0.2) is 4.79 Å². The predicted molar refractivity (Wildman–Crippen MR) is 87.8 cm³/mol. The average Bonchev–Trinajstić information content (AvgIpc) is 2.60. The van der Waals surface area contributed by atoms with Gasteiger partial charge in [0.1, 0.15) is 29.9 Å². The monoisotopic (exact) mass is 347 g/mol. The molecule has 0 saturated carbocycles. The number of hydrogen-bond donors (Lipinski definition) is 5. The van der Waals surface area contributed by atoms with E-state index in [4.69, 9.17) is 20.7 Å². The second-order valence-electron chi connectivity index (χ2n) is 5.73. The molecule has 132 valence electrons. The molecule has 3 rings (SSSR count). The highest BCUT2D eigenvalue weighted by molar-refractivity contribution is 5.85. The summed E-state index contributed by atoms with van der Waals surface area (Å²) in [7, 11) is 0. The van der Waals surface area contributed by atoms with Gasteiger partial charge in [0, 0.05) is 28.8 Å². The average molecular weight is 347 g/mol. The number of nitrogens with one attached hydrogen (secondary N) is 1. The Morgan fingerprint density at radius 3 is 2.64 bits per heavy atom. The highest BCUT2D eigenvalue weighted by atomic mass is 16.6. The third-order valence-corrected chi connectivity index (χ3v) is 4.13. The van der Waals surface area contributed by atoms with Crippen molar-refractivity contribution in [3.05, 3.63) is 40.2 Å². The molecule has 0 aliphatic carbocycles. The summed E-state index contributed by atoms with van der Waals surface area (Å²) >= 11 is 0. The molecule has 8 nitrogen and oxygen atoms in total. The molecule has 8 heteroatoms. The third kappa shape index (κ3) is 3.24. The van der Waals surface area contributed by atoms with Crippen LogP contribution in [0.3, 0.4) is 0 Å². The van der Waals surface area contributed by atoms with Crippen LogP contribution in [0.2, 0.25) is 0 Å². The van der Waals surface area contributed by atoms with Gasteiger partial charge in [0.2, 0.25) is 0 Å². The number of aliphatic hydroxyl groups excluding tert-OH is 4. The number of hydrogen-bond acceptors (Lipinski definition) is 8. The molecule has 1 aliphatic rings. The second kappa shape index (κ2) is 6.84. The van der Waals surface area contributed by atoms with Crippen molar-refractivity contribution in [3.8, 4) is 12.3 Å². The van der Waals surface area contributed by atoms with Crippen LogP contribution in [0.15, 0.2) is 33.5 Å². The lowest BCUT2D eigenvalue weighted by Crippen LogP contribution is -2.61. The summed E-state index contributed by atoms with van der Waals surface area (Å²) < 4.78 is 10.2. The molecule has 1 aromatic carbocycles. The van der Waals surface area contributed by atoms with E-state index in [-0.39, 0.29) is 5.58 Å². The van der Waals surface area contributed by atoms with Crippen LogP contribution in [-0.2, 0) is 4.74 Å². The zero-order valence-electron chi connectivity index (χ0n) is 13.0. The first-order valence-electron chi connectivity index (χ1n) is 7.56. The summed E-state index contributed by atoms with van der Waals surface area (Å²) in [5.41, 5.74) is 0.436. The van der Waals surface area contributed by atoms with E-state index < -0.39 is 42.9 Å². The Labute approximate surface area is 142 Å². The SMILES string of the molecule is C#Cc1cc(=O)oc2cc(NC3C(O)OC(CO)[C@H](O)[C@H]3O)ccc12. The molecular formula is C17H17NO7. The first kappa shape index (κ1) is 17.4. The summed E-state index contributed by atoms with van der Waals surface area (Å²) in [5, 5.41) is 42.5. The van der Waals surface area contributed by atoms with Gasteiger partial charge in [-0.2, -0.15) is 0 Å². The van der Waals surface area contributed by atoms with Crippen molar-refractivity contribution >= 4 is 16.7 Å². The van der Waals surface area contributed by atoms with E-state index in [1.165, 1.54) is 12.1 Å². The van der Waals surface area contributed by atoms with E-state index in [1.807, 2.05) is 0 Å². The lowest BCUT2D eigenvalue weighted by Gasteiger charge is -2.40. The van der Waals surface area contributed by atoms with Gasteiger partial charge in [-0.05, 0) is 12.1 Å². The Kier molecular flexibility index (Phi) is 4.76. The van der Waals surface area contributed by atoms with Crippen LogP contribution in [0.1, 0.15) is 5.56 Å². The molecule has 1 aliphatic heterocycles. The summed E-state index contributed by atoms with van der Waals surface area (Å²) in [5.74, 6) is 2.41. The van der Waals surface area contributed by atoms with Crippen molar-refractivity contribution in [2.45, 2.75) is 30.6 Å². The molecule has 5 atom stereocenters. The maximum absolute atomic E-state index is 11.5. The van der Waals surface area contributed by atoms with Crippen molar-refractivity contribution in [2.75, 3.05) is 11.9 Å².